The highest BCUT2D eigenvalue weighted by Gasteiger charge is 2.31. The van der Waals surface area contributed by atoms with Crippen LogP contribution in [-0.2, 0) is 0 Å². The van der Waals surface area contributed by atoms with Gasteiger partial charge in [-0.25, -0.2) is 4.79 Å². The first-order valence-corrected chi connectivity index (χ1v) is 6.33. The largest absolute Gasteiger partial charge is 0.573 e. The fraction of sp³-hybridized carbons (Fsp3) is 0.462. The van der Waals surface area contributed by atoms with Crippen molar-refractivity contribution in [3.63, 3.8) is 0 Å². The van der Waals surface area contributed by atoms with Crippen LogP contribution in [0.4, 0.5) is 18.0 Å². The van der Waals surface area contributed by atoms with Gasteiger partial charge in [0.05, 0.1) is 6.04 Å². The number of benzene rings is 1. The molecule has 116 valence electrons. The summed E-state index contributed by atoms with van der Waals surface area (Å²) >= 11 is 0. The Hall–Kier alpha value is -2.12. The summed E-state index contributed by atoms with van der Waals surface area (Å²) in [4.78, 5) is 12.3. The fourth-order valence-corrected chi connectivity index (χ4v) is 2.19. The Morgan fingerprint density at radius 3 is 2.48 bits per heavy atom. The van der Waals surface area contributed by atoms with Crippen molar-refractivity contribution >= 4 is 6.09 Å². The van der Waals surface area contributed by atoms with Crippen LogP contribution in [0.1, 0.15) is 12.8 Å². The molecule has 1 aromatic carbocycles. The van der Waals surface area contributed by atoms with E-state index in [2.05, 4.69) is 4.74 Å². The zero-order chi connectivity index (χ0) is 15.5. The average molecular weight is 305 g/mol. The van der Waals surface area contributed by atoms with Crippen LogP contribution in [0.15, 0.2) is 24.3 Å². The van der Waals surface area contributed by atoms with Crippen molar-refractivity contribution in [2.75, 3.05) is 13.2 Å². The Balaban J connectivity index is 1.88. The molecule has 1 aliphatic heterocycles. The zero-order valence-electron chi connectivity index (χ0n) is 11.0. The lowest BCUT2D eigenvalue weighted by atomic mass is 10.2. The second-order valence-electron chi connectivity index (χ2n) is 4.60. The van der Waals surface area contributed by atoms with Crippen molar-refractivity contribution in [2.24, 2.45) is 0 Å². The van der Waals surface area contributed by atoms with Gasteiger partial charge in [-0.15, -0.1) is 13.2 Å². The molecule has 1 heterocycles. The Morgan fingerprint density at radius 2 is 1.90 bits per heavy atom. The van der Waals surface area contributed by atoms with Gasteiger partial charge in [0, 0.05) is 6.54 Å². The van der Waals surface area contributed by atoms with E-state index < -0.39 is 12.5 Å². The maximum absolute atomic E-state index is 12.0. The van der Waals surface area contributed by atoms with Gasteiger partial charge < -0.3 is 19.5 Å². The van der Waals surface area contributed by atoms with Crippen LogP contribution in [0.2, 0.25) is 0 Å². The van der Waals surface area contributed by atoms with Crippen molar-refractivity contribution in [1.29, 1.82) is 0 Å². The molecule has 1 fully saturated rings. The molecule has 1 saturated heterocycles. The summed E-state index contributed by atoms with van der Waals surface area (Å²) < 4.78 is 45.2. The van der Waals surface area contributed by atoms with Gasteiger partial charge in [-0.3, -0.25) is 0 Å². The molecular weight excluding hydrogens is 291 g/mol. The number of likely N-dealkylation sites (tertiary alicyclic amines) is 1. The molecule has 0 spiro atoms. The summed E-state index contributed by atoms with van der Waals surface area (Å²) in [6, 6.07) is 4.76. The average Bonchev–Trinajstić information content (AvgIpc) is 2.84. The summed E-state index contributed by atoms with van der Waals surface area (Å²) in [5, 5.41) is 8.97. The van der Waals surface area contributed by atoms with E-state index in [4.69, 9.17) is 9.84 Å². The van der Waals surface area contributed by atoms with Crippen molar-refractivity contribution in [3.05, 3.63) is 24.3 Å². The standard InChI is InChI=1S/C13H14F3NO4/c14-13(15,16)21-11-5-3-10(4-6-11)20-8-9-2-1-7-17(9)12(18)19/h3-6,9H,1-2,7-8H2,(H,18,19). The van der Waals surface area contributed by atoms with Gasteiger partial charge in [-0.1, -0.05) is 0 Å². The molecule has 1 unspecified atom stereocenters. The number of carboxylic acid groups (broad SMARTS) is 1. The maximum atomic E-state index is 12.0. The second kappa shape index (κ2) is 6.11. The lowest BCUT2D eigenvalue weighted by Gasteiger charge is -2.21. The summed E-state index contributed by atoms with van der Waals surface area (Å²) in [6.45, 7) is 0.646. The molecule has 2 rings (SSSR count). The summed E-state index contributed by atoms with van der Waals surface area (Å²) in [5.74, 6) is 0.0321. The molecule has 0 saturated carbocycles. The van der Waals surface area contributed by atoms with Crippen LogP contribution in [0.3, 0.4) is 0 Å². The number of rotatable bonds is 4. The molecule has 1 N–H and O–H groups in total. The number of carbonyl (C=O) groups is 1. The summed E-state index contributed by atoms with van der Waals surface area (Å²) in [6.07, 6.45) is -4.23. The van der Waals surface area contributed by atoms with Crippen molar-refractivity contribution in [1.82, 2.24) is 4.90 Å². The smallest absolute Gasteiger partial charge is 0.491 e. The minimum absolute atomic E-state index is 0.172. The second-order valence-corrected chi connectivity index (χ2v) is 4.60. The molecule has 1 atom stereocenters. The van der Waals surface area contributed by atoms with Crippen molar-refractivity contribution in [3.8, 4) is 11.5 Å². The minimum atomic E-state index is -4.73. The van der Waals surface area contributed by atoms with Crippen molar-refractivity contribution in [2.45, 2.75) is 25.2 Å². The first-order chi connectivity index (χ1) is 9.85. The number of amides is 1. The van der Waals surface area contributed by atoms with Gasteiger partial charge in [-0.2, -0.15) is 0 Å². The van der Waals surface area contributed by atoms with Crippen LogP contribution < -0.4 is 9.47 Å². The van der Waals surface area contributed by atoms with Crippen LogP contribution >= 0.6 is 0 Å². The minimum Gasteiger partial charge on any atom is -0.491 e. The highest BCUT2D eigenvalue weighted by atomic mass is 19.4. The molecular formula is C13H14F3NO4. The van der Waals surface area contributed by atoms with Gasteiger partial charge in [0.25, 0.3) is 0 Å². The fourth-order valence-electron chi connectivity index (χ4n) is 2.19. The first kappa shape index (κ1) is 15.3. The number of hydrogen-bond acceptors (Lipinski definition) is 3. The molecule has 1 aromatic rings. The molecule has 0 aromatic heterocycles. The van der Waals surface area contributed by atoms with E-state index in [0.29, 0.717) is 18.7 Å². The predicted octanol–water partition coefficient (Wildman–Crippen LogP) is 3.11. The number of alkyl halides is 3. The highest BCUT2D eigenvalue weighted by Crippen LogP contribution is 2.25. The van der Waals surface area contributed by atoms with E-state index in [0.717, 1.165) is 18.6 Å². The van der Waals surface area contributed by atoms with Gasteiger partial charge in [0.2, 0.25) is 0 Å². The summed E-state index contributed by atoms with van der Waals surface area (Å²) in [7, 11) is 0. The quantitative estimate of drug-likeness (QED) is 0.928. The third kappa shape index (κ3) is 4.44. The van der Waals surface area contributed by atoms with Crippen LogP contribution in [0.25, 0.3) is 0 Å². The van der Waals surface area contributed by atoms with Crippen LogP contribution in [0.5, 0.6) is 11.5 Å². The molecule has 1 aliphatic rings. The van der Waals surface area contributed by atoms with E-state index >= 15 is 0 Å². The van der Waals surface area contributed by atoms with Crippen LogP contribution in [0, 0.1) is 0 Å². The summed E-state index contributed by atoms with van der Waals surface area (Å²) in [5.41, 5.74) is 0. The number of nitrogens with zero attached hydrogens (tertiary/aromatic N) is 1. The lowest BCUT2D eigenvalue weighted by Crippen LogP contribution is -2.37. The maximum Gasteiger partial charge on any atom is 0.573 e. The Bertz CT molecular complexity index is 489. The van der Waals surface area contributed by atoms with E-state index in [1.54, 1.807) is 0 Å². The monoisotopic (exact) mass is 305 g/mol. The number of halogens is 3. The SMILES string of the molecule is O=C(O)N1CCCC1COc1ccc(OC(F)(F)F)cc1. The Morgan fingerprint density at radius 1 is 1.29 bits per heavy atom. The highest BCUT2D eigenvalue weighted by molar-refractivity contribution is 5.65. The normalized spacial score (nSPS) is 18.6. The van der Waals surface area contributed by atoms with E-state index in [9.17, 15) is 18.0 Å². The van der Waals surface area contributed by atoms with E-state index in [1.165, 1.54) is 17.0 Å². The molecule has 0 radical (unpaired) electrons. The molecule has 21 heavy (non-hydrogen) atoms. The topological polar surface area (TPSA) is 59.0 Å². The Labute approximate surface area is 118 Å². The van der Waals surface area contributed by atoms with E-state index in [-0.39, 0.29) is 18.4 Å². The molecule has 5 nitrogen and oxygen atoms in total. The third-order valence-electron chi connectivity index (χ3n) is 3.12. The third-order valence-corrected chi connectivity index (χ3v) is 3.12. The van der Waals surface area contributed by atoms with Crippen molar-refractivity contribution < 1.29 is 32.5 Å². The van der Waals surface area contributed by atoms with Gasteiger partial charge >= 0.3 is 12.5 Å². The van der Waals surface area contributed by atoms with E-state index in [1.807, 2.05) is 0 Å². The van der Waals surface area contributed by atoms with Crippen LogP contribution in [-0.4, -0.2) is 41.7 Å². The number of ether oxygens (including phenoxy) is 2. The first-order valence-electron chi connectivity index (χ1n) is 6.33. The molecule has 0 bridgehead atoms. The van der Waals surface area contributed by atoms with Gasteiger partial charge in [-0.05, 0) is 37.1 Å². The Kier molecular flexibility index (Phi) is 4.44. The predicted molar refractivity (Wildman–Crippen MR) is 66.4 cm³/mol. The lowest BCUT2D eigenvalue weighted by molar-refractivity contribution is -0.274. The van der Waals surface area contributed by atoms with Gasteiger partial charge in [0.1, 0.15) is 18.1 Å². The zero-order valence-corrected chi connectivity index (χ0v) is 11.0. The molecule has 1 amide bonds. The number of hydrogen-bond donors (Lipinski definition) is 1. The molecule has 0 aliphatic carbocycles. The molecule has 8 heteroatoms. The van der Waals surface area contributed by atoms with Gasteiger partial charge in [0.15, 0.2) is 0 Å².